The number of nitrogens with one attached hydrogen (secondary N) is 2. The van der Waals surface area contributed by atoms with Crippen LogP contribution in [0.15, 0.2) is 0 Å². The van der Waals surface area contributed by atoms with Crippen LogP contribution in [0, 0.1) is 5.92 Å². The van der Waals surface area contributed by atoms with Gasteiger partial charge in [0.2, 0.25) is 0 Å². The Kier molecular flexibility index (Phi) is 2.71. The van der Waals surface area contributed by atoms with Crippen molar-refractivity contribution in [2.75, 3.05) is 26.4 Å². The molecule has 2 fully saturated rings. The molecule has 0 aromatic rings. The van der Waals surface area contributed by atoms with Gasteiger partial charge in [-0.15, -0.1) is 0 Å². The molecule has 2 aliphatic rings. The number of carbonyl (C=O) groups is 1. The van der Waals surface area contributed by atoms with E-state index in [4.69, 9.17) is 9.84 Å². The molecule has 0 radical (unpaired) electrons. The minimum absolute atomic E-state index is 0.243. The SMILES string of the molecule is O=C(O)C1CNCC2(CCNCO2)C1. The number of piperidine rings is 1. The first-order chi connectivity index (χ1) is 6.72. The second-order valence-electron chi connectivity index (χ2n) is 4.09. The number of hydrogen-bond donors (Lipinski definition) is 3. The Morgan fingerprint density at radius 1 is 1.50 bits per heavy atom. The number of rotatable bonds is 1. The fourth-order valence-electron chi connectivity index (χ4n) is 2.21. The van der Waals surface area contributed by atoms with Gasteiger partial charge in [-0.05, 0) is 12.8 Å². The quantitative estimate of drug-likeness (QED) is 0.526. The predicted molar refractivity (Wildman–Crippen MR) is 49.9 cm³/mol. The molecule has 5 nitrogen and oxygen atoms in total. The predicted octanol–water partition coefficient (Wildman–Crippen LogP) is -0.613. The highest BCUT2D eigenvalue weighted by atomic mass is 16.5. The van der Waals surface area contributed by atoms with Gasteiger partial charge >= 0.3 is 5.97 Å². The second kappa shape index (κ2) is 3.84. The summed E-state index contributed by atoms with van der Waals surface area (Å²) < 4.78 is 5.65. The zero-order valence-corrected chi connectivity index (χ0v) is 8.08. The fourth-order valence-corrected chi connectivity index (χ4v) is 2.21. The van der Waals surface area contributed by atoms with Gasteiger partial charge < -0.3 is 15.2 Å². The molecule has 2 aliphatic heterocycles. The van der Waals surface area contributed by atoms with Crippen molar-refractivity contribution in [3.8, 4) is 0 Å². The van der Waals surface area contributed by atoms with Gasteiger partial charge in [-0.3, -0.25) is 10.1 Å². The summed E-state index contributed by atoms with van der Waals surface area (Å²) in [5, 5.41) is 15.2. The molecule has 2 saturated heterocycles. The number of carboxylic acids is 1. The first-order valence-corrected chi connectivity index (χ1v) is 5.00. The molecule has 1 spiro atoms. The van der Waals surface area contributed by atoms with Crippen LogP contribution in [0.4, 0.5) is 0 Å². The van der Waals surface area contributed by atoms with E-state index in [1.54, 1.807) is 0 Å². The Hall–Kier alpha value is -0.650. The number of hydrogen-bond acceptors (Lipinski definition) is 4. The molecule has 80 valence electrons. The lowest BCUT2D eigenvalue weighted by atomic mass is 9.83. The summed E-state index contributed by atoms with van der Waals surface area (Å²) in [6, 6.07) is 0. The van der Waals surface area contributed by atoms with Crippen molar-refractivity contribution in [3.05, 3.63) is 0 Å². The molecular formula is C9H16N2O3. The van der Waals surface area contributed by atoms with Crippen LogP contribution in [0.25, 0.3) is 0 Å². The summed E-state index contributed by atoms with van der Waals surface area (Å²) in [4.78, 5) is 10.9. The third-order valence-corrected chi connectivity index (χ3v) is 3.04. The van der Waals surface area contributed by atoms with Crippen LogP contribution in [0.5, 0.6) is 0 Å². The zero-order chi connectivity index (χ0) is 10.0. The van der Waals surface area contributed by atoms with E-state index in [0.29, 0.717) is 19.7 Å². The van der Waals surface area contributed by atoms with Crippen LogP contribution in [0.1, 0.15) is 12.8 Å². The highest BCUT2D eigenvalue weighted by Gasteiger charge is 2.40. The lowest BCUT2D eigenvalue weighted by molar-refractivity contribution is -0.151. The molecule has 0 amide bonds. The molecule has 0 saturated carbocycles. The average molecular weight is 200 g/mol. The van der Waals surface area contributed by atoms with Crippen LogP contribution in [-0.4, -0.2) is 43.0 Å². The maximum absolute atomic E-state index is 10.9. The highest BCUT2D eigenvalue weighted by molar-refractivity contribution is 5.70. The molecule has 2 atom stereocenters. The number of ether oxygens (including phenoxy) is 1. The van der Waals surface area contributed by atoms with Crippen molar-refractivity contribution in [2.45, 2.75) is 18.4 Å². The van der Waals surface area contributed by atoms with Crippen molar-refractivity contribution in [1.82, 2.24) is 10.6 Å². The molecule has 14 heavy (non-hydrogen) atoms. The molecule has 2 unspecified atom stereocenters. The molecule has 3 N–H and O–H groups in total. The third-order valence-electron chi connectivity index (χ3n) is 3.04. The minimum atomic E-state index is -0.723. The van der Waals surface area contributed by atoms with Gasteiger partial charge in [-0.1, -0.05) is 0 Å². The molecule has 0 aromatic carbocycles. The Morgan fingerprint density at radius 3 is 3.00 bits per heavy atom. The monoisotopic (exact) mass is 200 g/mol. The zero-order valence-electron chi connectivity index (χ0n) is 8.08. The smallest absolute Gasteiger partial charge is 0.307 e. The van der Waals surface area contributed by atoms with Gasteiger partial charge in [-0.2, -0.15) is 0 Å². The Balaban J connectivity index is 2.01. The molecule has 2 heterocycles. The van der Waals surface area contributed by atoms with E-state index in [1.807, 2.05) is 0 Å². The van der Waals surface area contributed by atoms with Crippen molar-refractivity contribution >= 4 is 5.97 Å². The maximum atomic E-state index is 10.9. The Morgan fingerprint density at radius 2 is 2.36 bits per heavy atom. The summed E-state index contributed by atoms with van der Waals surface area (Å²) in [7, 11) is 0. The van der Waals surface area contributed by atoms with Gasteiger partial charge in [0.15, 0.2) is 0 Å². The minimum Gasteiger partial charge on any atom is -0.481 e. The molecule has 5 heteroatoms. The van der Waals surface area contributed by atoms with Gasteiger partial charge in [0, 0.05) is 19.6 Å². The van der Waals surface area contributed by atoms with E-state index < -0.39 is 5.97 Å². The first-order valence-electron chi connectivity index (χ1n) is 5.00. The van der Waals surface area contributed by atoms with Crippen LogP contribution in [0.3, 0.4) is 0 Å². The van der Waals surface area contributed by atoms with Crippen molar-refractivity contribution in [3.63, 3.8) is 0 Å². The summed E-state index contributed by atoms with van der Waals surface area (Å²) >= 11 is 0. The first kappa shape index (κ1) is 9.89. The summed E-state index contributed by atoms with van der Waals surface area (Å²) in [6.07, 6.45) is 1.53. The van der Waals surface area contributed by atoms with Crippen LogP contribution in [0.2, 0.25) is 0 Å². The normalized spacial score (nSPS) is 38.4. The molecular weight excluding hydrogens is 184 g/mol. The highest BCUT2D eigenvalue weighted by Crippen LogP contribution is 2.29. The van der Waals surface area contributed by atoms with Gasteiger partial charge in [0.05, 0.1) is 18.2 Å². The largest absolute Gasteiger partial charge is 0.481 e. The Bertz CT molecular complexity index is 221. The van der Waals surface area contributed by atoms with Crippen LogP contribution < -0.4 is 10.6 Å². The number of aliphatic carboxylic acids is 1. The lowest BCUT2D eigenvalue weighted by Gasteiger charge is -2.42. The maximum Gasteiger partial charge on any atom is 0.307 e. The average Bonchev–Trinajstić information content (AvgIpc) is 2.19. The topological polar surface area (TPSA) is 70.6 Å². The van der Waals surface area contributed by atoms with E-state index in [0.717, 1.165) is 19.5 Å². The van der Waals surface area contributed by atoms with E-state index >= 15 is 0 Å². The molecule has 0 bridgehead atoms. The summed E-state index contributed by atoms with van der Waals surface area (Å²) in [5.41, 5.74) is -0.243. The van der Waals surface area contributed by atoms with Gasteiger partial charge in [0.25, 0.3) is 0 Å². The molecule has 0 aliphatic carbocycles. The summed E-state index contributed by atoms with van der Waals surface area (Å²) in [5.74, 6) is -1.03. The van der Waals surface area contributed by atoms with E-state index in [1.165, 1.54) is 0 Å². The van der Waals surface area contributed by atoms with Crippen LogP contribution in [-0.2, 0) is 9.53 Å². The van der Waals surface area contributed by atoms with E-state index in [9.17, 15) is 4.79 Å². The molecule has 0 aromatic heterocycles. The second-order valence-corrected chi connectivity index (χ2v) is 4.09. The van der Waals surface area contributed by atoms with Crippen LogP contribution >= 0.6 is 0 Å². The van der Waals surface area contributed by atoms with Crippen molar-refractivity contribution in [2.24, 2.45) is 5.92 Å². The Labute approximate surface area is 82.8 Å². The third kappa shape index (κ3) is 1.89. The van der Waals surface area contributed by atoms with E-state index in [-0.39, 0.29) is 11.5 Å². The van der Waals surface area contributed by atoms with Gasteiger partial charge in [-0.25, -0.2) is 0 Å². The van der Waals surface area contributed by atoms with Crippen molar-refractivity contribution in [1.29, 1.82) is 0 Å². The summed E-state index contributed by atoms with van der Waals surface area (Å²) in [6.45, 7) is 2.79. The molecule has 2 rings (SSSR count). The van der Waals surface area contributed by atoms with Gasteiger partial charge in [0.1, 0.15) is 0 Å². The fraction of sp³-hybridized carbons (Fsp3) is 0.889. The van der Waals surface area contributed by atoms with E-state index in [2.05, 4.69) is 10.6 Å². The standard InChI is InChI=1S/C9H16N2O3/c12-8(13)7-3-9(5-11-4-7)1-2-10-6-14-9/h7,10-11H,1-6H2,(H,12,13). The van der Waals surface area contributed by atoms with Crippen molar-refractivity contribution < 1.29 is 14.6 Å². The number of carboxylic acid groups (broad SMARTS) is 1. The lowest BCUT2D eigenvalue weighted by Crippen LogP contribution is -2.57.